The standard InChI is InChI=1S/C13H22N2O2/c1-11(7-8-12-5-4-10-17-12)15-13(16)6-2-3-9-14/h4-5,10-11H,2-3,6-9,14H2,1H3,(H,15,16). The van der Waals surface area contributed by atoms with Gasteiger partial charge in [-0.3, -0.25) is 4.79 Å². The highest BCUT2D eigenvalue weighted by atomic mass is 16.3. The van der Waals surface area contributed by atoms with Crippen molar-refractivity contribution < 1.29 is 9.21 Å². The second-order valence-electron chi connectivity index (χ2n) is 4.33. The second kappa shape index (κ2) is 7.90. The summed E-state index contributed by atoms with van der Waals surface area (Å²) in [6, 6.07) is 4.02. The van der Waals surface area contributed by atoms with E-state index >= 15 is 0 Å². The van der Waals surface area contributed by atoms with Crippen LogP contribution in [0.1, 0.15) is 38.4 Å². The van der Waals surface area contributed by atoms with Gasteiger partial charge in [-0.05, 0) is 44.9 Å². The third-order valence-electron chi connectivity index (χ3n) is 2.67. The van der Waals surface area contributed by atoms with Crippen LogP contribution in [-0.2, 0) is 11.2 Å². The van der Waals surface area contributed by atoms with Gasteiger partial charge in [-0.25, -0.2) is 0 Å². The van der Waals surface area contributed by atoms with Gasteiger partial charge in [-0.1, -0.05) is 0 Å². The molecule has 0 aliphatic rings. The van der Waals surface area contributed by atoms with Crippen LogP contribution in [0.4, 0.5) is 0 Å². The van der Waals surface area contributed by atoms with Crippen LogP contribution in [0.25, 0.3) is 0 Å². The Morgan fingerprint density at radius 2 is 2.35 bits per heavy atom. The van der Waals surface area contributed by atoms with Gasteiger partial charge in [-0.2, -0.15) is 0 Å². The van der Waals surface area contributed by atoms with Crippen LogP contribution in [0.5, 0.6) is 0 Å². The second-order valence-corrected chi connectivity index (χ2v) is 4.33. The minimum absolute atomic E-state index is 0.116. The number of furan rings is 1. The van der Waals surface area contributed by atoms with Crippen molar-refractivity contribution in [3.8, 4) is 0 Å². The summed E-state index contributed by atoms with van der Waals surface area (Å²) >= 11 is 0. The Morgan fingerprint density at radius 3 is 3.00 bits per heavy atom. The molecule has 1 aromatic rings. The molecule has 1 amide bonds. The van der Waals surface area contributed by atoms with Gasteiger partial charge in [0.05, 0.1) is 6.26 Å². The molecule has 17 heavy (non-hydrogen) atoms. The summed E-state index contributed by atoms with van der Waals surface area (Å²) in [7, 11) is 0. The number of nitrogens with one attached hydrogen (secondary N) is 1. The molecule has 0 saturated carbocycles. The van der Waals surface area contributed by atoms with E-state index in [9.17, 15) is 4.79 Å². The third kappa shape index (κ3) is 6.12. The molecular formula is C13H22N2O2. The Labute approximate surface area is 103 Å². The number of carbonyl (C=O) groups is 1. The van der Waals surface area contributed by atoms with Crippen molar-refractivity contribution in [3.63, 3.8) is 0 Å². The van der Waals surface area contributed by atoms with Gasteiger partial charge in [0.1, 0.15) is 5.76 Å². The smallest absolute Gasteiger partial charge is 0.220 e. The number of amides is 1. The van der Waals surface area contributed by atoms with Crippen molar-refractivity contribution in [1.29, 1.82) is 0 Å². The monoisotopic (exact) mass is 238 g/mol. The highest BCUT2D eigenvalue weighted by Gasteiger charge is 2.07. The van der Waals surface area contributed by atoms with E-state index in [1.54, 1.807) is 6.26 Å². The minimum Gasteiger partial charge on any atom is -0.469 e. The lowest BCUT2D eigenvalue weighted by Crippen LogP contribution is -2.32. The average molecular weight is 238 g/mol. The molecule has 4 heteroatoms. The van der Waals surface area contributed by atoms with Crippen LogP contribution in [0.15, 0.2) is 22.8 Å². The number of rotatable bonds is 8. The Kier molecular flexibility index (Phi) is 6.40. The predicted molar refractivity (Wildman–Crippen MR) is 67.5 cm³/mol. The molecule has 1 heterocycles. The van der Waals surface area contributed by atoms with Crippen LogP contribution >= 0.6 is 0 Å². The molecule has 0 radical (unpaired) electrons. The van der Waals surface area contributed by atoms with E-state index < -0.39 is 0 Å². The first-order valence-corrected chi connectivity index (χ1v) is 6.24. The molecule has 1 rings (SSSR count). The first kappa shape index (κ1) is 13.8. The fraction of sp³-hybridized carbons (Fsp3) is 0.615. The molecule has 96 valence electrons. The van der Waals surface area contributed by atoms with Crippen molar-refractivity contribution in [1.82, 2.24) is 5.32 Å². The number of aryl methyl sites for hydroxylation is 1. The first-order chi connectivity index (χ1) is 8.22. The van der Waals surface area contributed by atoms with E-state index in [1.165, 1.54) is 0 Å². The molecule has 1 atom stereocenters. The summed E-state index contributed by atoms with van der Waals surface area (Å²) in [5.41, 5.74) is 5.38. The van der Waals surface area contributed by atoms with Gasteiger partial charge >= 0.3 is 0 Å². The Balaban J connectivity index is 2.11. The fourth-order valence-electron chi connectivity index (χ4n) is 1.66. The maximum atomic E-state index is 11.5. The largest absolute Gasteiger partial charge is 0.469 e. The van der Waals surface area contributed by atoms with E-state index in [2.05, 4.69) is 5.32 Å². The summed E-state index contributed by atoms with van der Waals surface area (Å²) in [6.07, 6.45) is 5.78. The lowest BCUT2D eigenvalue weighted by atomic mass is 10.1. The van der Waals surface area contributed by atoms with Crippen molar-refractivity contribution >= 4 is 5.91 Å². The number of unbranched alkanes of at least 4 members (excludes halogenated alkanes) is 1. The van der Waals surface area contributed by atoms with Gasteiger partial charge < -0.3 is 15.5 Å². The molecule has 0 saturated heterocycles. The van der Waals surface area contributed by atoms with Gasteiger partial charge in [0.2, 0.25) is 5.91 Å². The van der Waals surface area contributed by atoms with Crippen LogP contribution in [0.2, 0.25) is 0 Å². The lowest BCUT2D eigenvalue weighted by Gasteiger charge is -2.12. The first-order valence-electron chi connectivity index (χ1n) is 6.24. The maximum absolute atomic E-state index is 11.5. The van der Waals surface area contributed by atoms with Crippen molar-refractivity contribution in [3.05, 3.63) is 24.2 Å². The maximum Gasteiger partial charge on any atom is 0.220 e. The Bertz CT molecular complexity index is 309. The Hall–Kier alpha value is -1.29. The molecule has 4 nitrogen and oxygen atoms in total. The molecular weight excluding hydrogens is 216 g/mol. The number of nitrogens with two attached hydrogens (primary N) is 1. The van der Waals surface area contributed by atoms with E-state index in [-0.39, 0.29) is 11.9 Å². The SMILES string of the molecule is CC(CCc1ccco1)NC(=O)CCCCN. The summed E-state index contributed by atoms with van der Waals surface area (Å²) < 4.78 is 5.24. The normalized spacial score (nSPS) is 12.4. The average Bonchev–Trinajstić information content (AvgIpc) is 2.79. The van der Waals surface area contributed by atoms with E-state index in [4.69, 9.17) is 10.2 Å². The zero-order chi connectivity index (χ0) is 12.5. The highest BCUT2D eigenvalue weighted by Crippen LogP contribution is 2.06. The quantitative estimate of drug-likeness (QED) is 0.679. The van der Waals surface area contributed by atoms with Gasteiger partial charge in [-0.15, -0.1) is 0 Å². The molecule has 0 aliphatic carbocycles. The van der Waals surface area contributed by atoms with Crippen LogP contribution in [0, 0.1) is 0 Å². The molecule has 0 spiro atoms. The van der Waals surface area contributed by atoms with Gasteiger partial charge in [0.15, 0.2) is 0 Å². The van der Waals surface area contributed by atoms with Gasteiger partial charge in [0, 0.05) is 18.9 Å². The number of carbonyl (C=O) groups excluding carboxylic acids is 1. The van der Waals surface area contributed by atoms with Crippen LogP contribution in [0.3, 0.4) is 0 Å². The molecule has 0 aromatic carbocycles. The molecule has 1 unspecified atom stereocenters. The van der Waals surface area contributed by atoms with Crippen LogP contribution < -0.4 is 11.1 Å². The van der Waals surface area contributed by atoms with Crippen molar-refractivity contribution in [2.24, 2.45) is 5.73 Å². The zero-order valence-electron chi connectivity index (χ0n) is 10.4. The summed E-state index contributed by atoms with van der Waals surface area (Å²) in [4.78, 5) is 11.5. The summed E-state index contributed by atoms with van der Waals surface area (Å²) in [5.74, 6) is 1.08. The summed E-state index contributed by atoms with van der Waals surface area (Å²) in [5, 5.41) is 2.98. The molecule has 3 N–H and O–H groups in total. The van der Waals surface area contributed by atoms with E-state index in [0.29, 0.717) is 13.0 Å². The third-order valence-corrected chi connectivity index (χ3v) is 2.67. The lowest BCUT2D eigenvalue weighted by molar-refractivity contribution is -0.121. The molecule has 0 bridgehead atoms. The molecule has 0 fully saturated rings. The van der Waals surface area contributed by atoms with Crippen LogP contribution in [-0.4, -0.2) is 18.5 Å². The molecule has 0 aliphatic heterocycles. The van der Waals surface area contributed by atoms with Crippen molar-refractivity contribution in [2.45, 2.75) is 45.1 Å². The van der Waals surface area contributed by atoms with E-state index in [1.807, 2.05) is 19.1 Å². The summed E-state index contributed by atoms with van der Waals surface area (Å²) in [6.45, 7) is 2.67. The fourth-order valence-corrected chi connectivity index (χ4v) is 1.66. The minimum atomic E-state index is 0.116. The van der Waals surface area contributed by atoms with E-state index in [0.717, 1.165) is 31.4 Å². The zero-order valence-corrected chi connectivity index (χ0v) is 10.4. The van der Waals surface area contributed by atoms with Gasteiger partial charge in [0.25, 0.3) is 0 Å². The molecule has 1 aromatic heterocycles. The topological polar surface area (TPSA) is 68.3 Å². The number of hydrogen-bond donors (Lipinski definition) is 2. The van der Waals surface area contributed by atoms with Crippen molar-refractivity contribution in [2.75, 3.05) is 6.54 Å². The Morgan fingerprint density at radius 1 is 1.53 bits per heavy atom. The predicted octanol–water partition coefficient (Wildman–Crippen LogP) is 1.85. The highest BCUT2D eigenvalue weighted by molar-refractivity contribution is 5.76. The number of hydrogen-bond acceptors (Lipinski definition) is 3.